The van der Waals surface area contributed by atoms with E-state index in [9.17, 15) is 0 Å². The molecule has 0 aromatic heterocycles. The van der Waals surface area contributed by atoms with Gasteiger partial charge in [0.05, 0.1) is 0 Å². The zero-order valence-corrected chi connectivity index (χ0v) is 9.71. The van der Waals surface area contributed by atoms with Gasteiger partial charge in [-0.05, 0) is 43.4 Å². The standard InChI is InChI=1S/C13H21NO/c1-3-8-14-13-10-11(2)6-7-12(13)5-4-9-15/h6-7,10,14-15H,3-5,8-9H2,1-2H3. The average molecular weight is 207 g/mol. The van der Waals surface area contributed by atoms with E-state index in [4.69, 9.17) is 5.11 Å². The van der Waals surface area contributed by atoms with Gasteiger partial charge in [-0.3, -0.25) is 0 Å². The highest BCUT2D eigenvalue weighted by Gasteiger charge is 2.01. The molecule has 0 saturated heterocycles. The average Bonchev–Trinajstić information content (AvgIpc) is 2.25. The first-order chi connectivity index (χ1) is 7.27. The van der Waals surface area contributed by atoms with Crippen molar-refractivity contribution in [3.05, 3.63) is 29.3 Å². The van der Waals surface area contributed by atoms with E-state index < -0.39 is 0 Å². The van der Waals surface area contributed by atoms with E-state index in [0.29, 0.717) is 0 Å². The quantitative estimate of drug-likeness (QED) is 0.751. The molecule has 0 aliphatic carbocycles. The molecule has 0 spiro atoms. The van der Waals surface area contributed by atoms with Crippen LogP contribution < -0.4 is 5.32 Å². The Morgan fingerprint density at radius 2 is 2.13 bits per heavy atom. The second-order valence-corrected chi connectivity index (χ2v) is 3.91. The number of aliphatic hydroxyl groups excluding tert-OH is 1. The van der Waals surface area contributed by atoms with Crippen molar-refractivity contribution in [2.45, 2.75) is 33.1 Å². The number of anilines is 1. The molecule has 1 aromatic carbocycles. The summed E-state index contributed by atoms with van der Waals surface area (Å²) in [6.07, 6.45) is 2.92. The third-order valence-electron chi connectivity index (χ3n) is 2.44. The number of hydrogen-bond acceptors (Lipinski definition) is 2. The smallest absolute Gasteiger partial charge is 0.0434 e. The van der Waals surface area contributed by atoms with Crippen LogP contribution in [0.3, 0.4) is 0 Å². The topological polar surface area (TPSA) is 32.3 Å². The molecule has 0 heterocycles. The Balaban J connectivity index is 2.73. The molecule has 2 heteroatoms. The maximum absolute atomic E-state index is 8.83. The van der Waals surface area contributed by atoms with Gasteiger partial charge in [-0.25, -0.2) is 0 Å². The first-order valence-corrected chi connectivity index (χ1v) is 5.72. The summed E-state index contributed by atoms with van der Waals surface area (Å²) in [5, 5.41) is 12.3. The molecular formula is C13H21NO. The molecule has 1 aromatic rings. The predicted octanol–water partition coefficient (Wildman–Crippen LogP) is 2.74. The zero-order valence-electron chi connectivity index (χ0n) is 9.71. The van der Waals surface area contributed by atoms with E-state index in [1.165, 1.54) is 16.8 Å². The number of aryl methyl sites for hydroxylation is 2. The van der Waals surface area contributed by atoms with Crippen LogP contribution in [0.25, 0.3) is 0 Å². The minimum atomic E-state index is 0.265. The Hall–Kier alpha value is -1.02. The van der Waals surface area contributed by atoms with Gasteiger partial charge < -0.3 is 10.4 Å². The molecule has 1 rings (SSSR count). The SMILES string of the molecule is CCCNc1cc(C)ccc1CCCO. The van der Waals surface area contributed by atoms with Crippen LogP contribution in [0.2, 0.25) is 0 Å². The van der Waals surface area contributed by atoms with Crippen LogP contribution in [0.15, 0.2) is 18.2 Å². The zero-order chi connectivity index (χ0) is 11.1. The molecule has 15 heavy (non-hydrogen) atoms. The highest BCUT2D eigenvalue weighted by atomic mass is 16.2. The van der Waals surface area contributed by atoms with E-state index in [1.54, 1.807) is 0 Å². The lowest BCUT2D eigenvalue weighted by atomic mass is 10.1. The van der Waals surface area contributed by atoms with E-state index in [2.05, 4.69) is 37.4 Å². The van der Waals surface area contributed by atoms with Crippen LogP contribution in [0.4, 0.5) is 5.69 Å². The van der Waals surface area contributed by atoms with Gasteiger partial charge in [0.1, 0.15) is 0 Å². The van der Waals surface area contributed by atoms with Crippen LogP contribution in [-0.2, 0) is 6.42 Å². The molecule has 0 saturated carbocycles. The van der Waals surface area contributed by atoms with Crippen molar-refractivity contribution in [3.63, 3.8) is 0 Å². The maximum atomic E-state index is 8.83. The summed E-state index contributed by atoms with van der Waals surface area (Å²) in [5.74, 6) is 0. The van der Waals surface area contributed by atoms with Crippen molar-refractivity contribution < 1.29 is 5.11 Å². The lowest BCUT2D eigenvalue weighted by Crippen LogP contribution is -2.04. The van der Waals surface area contributed by atoms with Gasteiger partial charge in [0, 0.05) is 18.8 Å². The Labute approximate surface area is 92.3 Å². The van der Waals surface area contributed by atoms with Gasteiger partial charge in [0.15, 0.2) is 0 Å². The Morgan fingerprint density at radius 1 is 1.33 bits per heavy atom. The third-order valence-corrected chi connectivity index (χ3v) is 2.44. The van der Waals surface area contributed by atoms with Crippen LogP contribution in [0, 0.1) is 6.92 Å². The van der Waals surface area contributed by atoms with E-state index >= 15 is 0 Å². The van der Waals surface area contributed by atoms with Crippen molar-refractivity contribution in [2.24, 2.45) is 0 Å². The molecule has 0 unspecified atom stereocenters. The van der Waals surface area contributed by atoms with E-state index in [1.807, 2.05) is 0 Å². The van der Waals surface area contributed by atoms with Crippen LogP contribution in [0.5, 0.6) is 0 Å². The summed E-state index contributed by atoms with van der Waals surface area (Å²) < 4.78 is 0. The maximum Gasteiger partial charge on any atom is 0.0434 e. The minimum absolute atomic E-state index is 0.265. The van der Waals surface area contributed by atoms with Crippen molar-refractivity contribution in [1.29, 1.82) is 0 Å². The molecule has 0 amide bonds. The van der Waals surface area contributed by atoms with Crippen molar-refractivity contribution in [3.8, 4) is 0 Å². The summed E-state index contributed by atoms with van der Waals surface area (Å²) in [7, 11) is 0. The monoisotopic (exact) mass is 207 g/mol. The fourth-order valence-corrected chi connectivity index (χ4v) is 1.60. The third kappa shape index (κ3) is 3.92. The molecule has 2 N–H and O–H groups in total. The molecule has 2 nitrogen and oxygen atoms in total. The first kappa shape index (κ1) is 12.1. The minimum Gasteiger partial charge on any atom is -0.396 e. The van der Waals surface area contributed by atoms with Crippen LogP contribution in [0.1, 0.15) is 30.9 Å². The number of hydrogen-bond donors (Lipinski definition) is 2. The molecule has 84 valence electrons. The second-order valence-electron chi connectivity index (χ2n) is 3.91. The van der Waals surface area contributed by atoms with E-state index in [-0.39, 0.29) is 6.61 Å². The van der Waals surface area contributed by atoms with E-state index in [0.717, 1.165) is 25.8 Å². The number of benzene rings is 1. The molecule has 0 aliphatic heterocycles. The Kier molecular flexibility index (Phi) is 5.19. The van der Waals surface area contributed by atoms with Gasteiger partial charge in [-0.15, -0.1) is 0 Å². The summed E-state index contributed by atoms with van der Waals surface area (Å²) >= 11 is 0. The summed E-state index contributed by atoms with van der Waals surface area (Å²) in [6, 6.07) is 6.47. The fraction of sp³-hybridized carbons (Fsp3) is 0.538. The summed E-state index contributed by atoms with van der Waals surface area (Å²) in [4.78, 5) is 0. The molecular weight excluding hydrogens is 186 g/mol. The fourth-order valence-electron chi connectivity index (χ4n) is 1.60. The second kappa shape index (κ2) is 6.46. The lowest BCUT2D eigenvalue weighted by Gasteiger charge is -2.12. The molecule has 0 bridgehead atoms. The number of rotatable bonds is 6. The predicted molar refractivity (Wildman–Crippen MR) is 65.4 cm³/mol. The highest BCUT2D eigenvalue weighted by molar-refractivity contribution is 5.53. The van der Waals surface area contributed by atoms with Gasteiger partial charge >= 0.3 is 0 Å². The summed E-state index contributed by atoms with van der Waals surface area (Å²) in [5.41, 5.74) is 3.81. The molecule has 0 radical (unpaired) electrons. The van der Waals surface area contributed by atoms with Crippen molar-refractivity contribution in [2.75, 3.05) is 18.5 Å². The van der Waals surface area contributed by atoms with Crippen molar-refractivity contribution >= 4 is 5.69 Å². The van der Waals surface area contributed by atoms with Crippen LogP contribution in [-0.4, -0.2) is 18.3 Å². The largest absolute Gasteiger partial charge is 0.396 e. The van der Waals surface area contributed by atoms with Gasteiger partial charge in [-0.1, -0.05) is 19.1 Å². The van der Waals surface area contributed by atoms with Crippen molar-refractivity contribution in [1.82, 2.24) is 0 Å². The number of aliphatic hydroxyl groups is 1. The molecule has 0 aliphatic rings. The van der Waals surface area contributed by atoms with Gasteiger partial charge in [-0.2, -0.15) is 0 Å². The summed E-state index contributed by atoms with van der Waals surface area (Å²) in [6.45, 7) is 5.54. The first-order valence-electron chi connectivity index (χ1n) is 5.72. The van der Waals surface area contributed by atoms with Gasteiger partial charge in [0.25, 0.3) is 0 Å². The molecule has 0 fully saturated rings. The Morgan fingerprint density at radius 3 is 2.80 bits per heavy atom. The lowest BCUT2D eigenvalue weighted by molar-refractivity contribution is 0.288. The normalized spacial score (nSPS) is 10.3. The van der Waals surface area contributed by atoms with Crippen LogP contribution >= 0.6 is 0 Å². The number of nitrogens with one attached hydrogen (secondary N) is 1. The Bertz CT molecular complexity index is 297. The highest BCUT2D eigenvalue weighted by Crippen LogP contribution is 2.19. The van der Waals surface area contributed by atoms with Gasteiger partial charge in [0.2, 0.25) is 0 Å². The molecule has 0 atom stereocenters.